The zero-order valence-corrected chi connectivity index (χ0v) is 9.94. The number of carbonyl (C=O) groups is 1. The van der Waals surface area contributed by atoms with Crippen molar-refractivity contribution in [1.29, 1.82) is 0 Å². The Kier molecular flexibility index (Phi) is 6.32. The fraction of sp³-hybridized carbons (Fsp3) is 0.300. The predicted octanol–water partition coefficient (Wildman–Crippen LogP) is 1.84. The van der Waals surface area contributed by atoms with E-state index in [1.807, 2.05) is 6.92 Å². The molecular weight excluding hydrogens is 235 g/mol. The standard InChI is InChI=1S/C10H13ClN2O.ClH/c1-7(6-12)13-10(14)8-4-2-3-5-9(8)11;/h2-5,7H,6,12H2,1H3,(H,13,14);1H/t7-;/m1./s1. The first-order valence-electron chi connectivity index (χ1n) is 4.40. The van der Waals surface area contributed by atoms with Crippen molar-refractivity contribution >= 4 is 29.9 Å². The van der Waals surface area contributed by atoms with Crippen LogP contribution < -0.4 is 11.1 Å². The Hall–Kier alpha value is -0.770. The van der Waals surface area contributed by atoms with Crippen molar-refractivity contribution in [3.8, 4) is 0 Å². The van der Waals surface area contributed by atoms with Crippen LogP contribution in [0, 0.1) is 0 Å². The van der Waals surface area contributed by atoms with Crippen LogP contribution in [0.1, 0.15) is 17.3 Å². The summed E-state index contributed by atoms with van der Waals surface area (Å²) < 4.78 is 0. The molecule has 1 aromatic rings. The molecule has 0 aliphatic rings. The minimum absolute atomic E-state index is 0. The highest BCUT2D eigenvalue weighted by Crippen LogP contribution is 2.14. The van der Waals surface area contributed by atoms with E-state index in [1.54, 1.807) is 24.3 Å². The molecule has 1 rings (SSSR count). The summed E-state index contributed by atoms with van der Waals surface area (Å²) in [7, 11) is 0. The smallest absolute Gasteiger partial charge is 0.253 e. The van der Waals surface area contributed by atoms with E-state index in [0.29, 0.717) is 17.1 Å². The molecule has 0 fully saturated rings. The summed E-state index contributed by atoms with van der Waals surface area (Å²) in [6.07, 6.45) is 0. The van der Waals surface area contributed by atoms with Crippen LogP contribution in [0.15, 0.2) is 24.3 Å². The maximum Gasteiger partial charge on any atom is 0.253 e. The molecule has 0 aromatic heterocycles. The highest BCUT2D eigenvalue weighted by Gasteiger charge is 2.10. The van der Waals surface area contributed by atoms with Crippen LogP contribution in [-0.2, 0) is 0 Å². The molecule has 84 valence electrons. The van der Waals surface area contributed by atoms with Crippen LogP contribution in [-0.4, -0.2) is 18.5 Å². The zero-order chi connectivity index (χ0) is 10.6. The van der Waals surface area contributed by atoms with Crippen molar-refractivity contribution in [1.82, 2.24) is 5.32 Å². The number of halogens is 2. The van der Waals surface area contributed by atoms with Gasteiger partial charge < -0.3 is 11.1 Å². The van der Waals surface area contributed by atoms with E-state index in [2.05, 4.69) is 5.32 Å². The topological polar surface area (TPSA) is 55.1 Å². The average Bonchev–Trinajstić information content (AvgIpc) is 2.18. The molecule has 0 saturated carbocycles. The van der Waals surface area contributed by atoms with E-state index in [-0.39, 0.29) is 24.4 Å². The predicted molar refractivity (Wildman–Crippen MR) is 64.7 cm³/mol. The largest absolute Gasteiger partial charge is 0.348 e. The van der Waals surface area contributed by atoms with E-state index in [1.165, 1.54) is 0 Å². The molecule has 1 aromatic carbocycles. The van der Waals surface area contributed by atoms with Gasteiger partial charge in [-0.15, -0.1) is 12.4 Å². The first-order chi connectivity index (χ1) is 6.65. The van der Waals surface area contributed by atoms with Gasteiger partial charge >= 0.3 is 0 Å². The maximum atomic E-state index is 11.6. The molecule has 1 amide bonds. The van der Waals surface area contributed by atoms with Crippen molar-refractivity contribution < 1.29 is 4.79 Å². The van der Waals surface area contributed by atoms with Crippen molar-refractivity contribution in [2.24, 2.45) is 5.73 Å². The van der Waals surface area contributed by atoms with Gasteiger partial charge in [0.05, 0.1) is 10.6 Å². The molecule has 0 aliphatic heterocycles. The molecule has 0 spiro atoms. The average molecular weight is 249 g/mol. The third kappa shape index (κ3) is 4.08. The second-order valence-electron chi connectivity index (χ2n) is 3.09. The van der Waals surface area contributed by atoms with Crippen molar-refractivity contribution in [2.75, 3.05) is 6.54 Å². The fourth-order valence-electron chi connectivity index (χ4n) is 1.01. The second kappa shape index (κ2) is 6.67. The minimum atomic E-state index is -0.187. The third-order valence-corrected chi connectivity index (χ3v) is 2.18. The van der Waals surface area contributed by atoms with Gasteiger partial charge in [0.25, 0.3) is 5.91 Å². The Morgan fingerprint density at radius 3 is 2.67 bits per heavy atom. The van der Waals surface area contributed by atoms with Crippen LogP contribution in [0.4, 0.5) is 0 Å². The Balaban J connectivity index is 0.00000196. The summed E-state index contributed by atoms with van der Waals surface area (Å²) in [5, 5.41) is 3.19. The molecule has 0 aliphatic carbocycles. The number of rotatable bonds is 3. The van der Waals surface area contributed by atoms with Gasteiger partial charge in [0.15, 0.2) is 0 Å². The molecule has 1 atom stereocenters. The highest BCUT2D eigenvalue weighted by atomic mass is 35.5. The van der Waals surface area contributed by atoms with Crippen LogP contribution in [0.2, 0.25) is 5.02 Å². The van der Waals surface area contributed by atoms with Gasteiger partial charge in [0, 0.05) is 12.6 Å². The monoisotopic (exact) mass is 248 g/mol. The van der Waals surface area contributed by atoms with Crippen LogP contribution in [0.25, 0.3) is 0 Å². The Bertz CT molecular complexity index is 331. The van der Waals surface area contributed by atoms with Gasteiger partial charge in [0.2, 0.25) is 0 Å². The fourth-order valence-corrected chi connectivity index (χ4v) is 1.23. The third-order valence-electron chi connectivity index (χ3n) is 1.85. The summed E-state index contributed by atoms with van der Waals surface area (Å²) in [6, 6.07) is 6.88. The number of amides is 1. The van der Waals surface area contributed by atoms with E-state index in [4.69, 9.17) is 17.3 Å². The van der Waals surface area contributed by atoms with Crippen molar-refractivity contribution in [3.63, 3.8) is 0 Å². The maximum absolute atomic E-state index is 11.6. The molecule has 3 N–H and O–H groups in total. The number of carbonyl (C=O) groups excluding carboxylic acids is 1. The summed E-state index contributed by atoms with van der Waals surface area (Å²) in [5.41, 5.74) is 5.87. The number of nitrogens with one attached hydrogen (secondary N) is 1. The molecule has 0 radical (unpaired) electrons. The van der Waals surface area contributed by atoms with E-state index in [9.17, 15) is 4.79 Å². The van der Waals surface area contributed by atoms with E-state index >= 15 is 0 Å². The van der Waals surface area contributed by atoms with Gasteiger partial charge in [-0.05, 0) is 19.1 Å². The molecule has 0 unspecified atom stereocenters. The quantitative estimate of drug-likeness (QED) is 0.858. The first-order valence-corrected chi connectivity index (χ1v) is 4.78. The number of nitrogens with two attached hydrogens (primary N) is 1. The lowest BCUT2D eigenvalue weighted by Gasteiger charge is -2.11. The number of hydrogen-bond donors (Lipinski definition) is 2. The van der Waals surface area contributed by atoms with Gasteiger partial charge in [-0.3, -0.25) is 4.79 Å². The highest BCUT2D eigenvalue weighted by molar-refractivity contribution is 6.33. The normalized spacial score (nSPS) is 11.4. The van der Waals surface area contributed by atoms with Crippen molar-refractivity contribution in [3.05, 3.63) is 34.9 Å². The minimum Gasteiger partial charge on any atom is -0.348 e. The molecule has 3 nitrogen and oxygen atoms in total. The molecule has 15 heavy (non-hydrogen) atoms. The van der Waals surface area contributed by atoms with Gasteiger partial charge in [-0.2, -0.15) is 0 Å². The molecule has 0 bridgehead atoms. The number of hydrogen-bond acceptors (Lipinski definition) is 2. The molecule has 5 heteroatoms. The van der Waals surface area contributed by atoms with Gasteiger partial charge in [0.1, 0.15) is 0 Å². The van der Waals surface area contributed by atoms with Crippen LogP contribution in [0.3, 0.4) is 0 Å². The van der Waals surface area contributed by atoms with Crippen LogP contribution >= 0.6 is 24.0 Å². The molecular formula is C10H14Cl2N2O. The van der Waals surface area contributed by atoms with Gasteiger partial charge in [-0.25, -0.2) is 0 Å². The van der Waals surface area contributed by atoms with E-state index < -0.39 is 0 Å². The first kappa shape index (κ1) is 14.2. The van der Waals surface area contributed by atoms with Crippen molar-refractivity contribution in [2.45, 2.75) is 13.0 Å². The summed E-state index contributed by atoms with van der Waals surface area (Å²) in [6.45, 7) is 2.25. The summed E-state index contributed by atoms with van der Waals surface area (Å²) in [4.78, 5) is 11.6. The van der Waals surface area contributed by atoms with Crippen LogP contribution in [0.5, 0.6) is 0 Å². The lowest BCUT2D eigenvalue weighted by Crippen LogP contribution is -2.37. The molecule has 0 saturated heterocycles. The summed E-state index contributed by atoms with van der Waals surface area (Å²) in [5.74, 6) is -0.187. The SMILES string of the molecule is C[C@H](CN)NC(=O)c1ccccc1Cl.Cl. The Morgan fingerprint density at radius 1 is 1.53 bits per heavy atom. The van der Waals surface area contributed by atoms with E-state index in [0.717, 1.165) is 0 Å². The lowest BCUT2D eigenvalue weighted by molar-refractivity contribution is 0.0941. The Labute approximate surface area is 100 Å². The van der Waals surface area contributed by atoms with Gasteiger partial charge in [-0.1, -0.05) is 23.7 Å². The molecule has 0 heterocycles. The zero-order valence-electron chi connectivity index (χ0n) is 8.37. The lowest BCUT2D eigenvalue weighted by atomic mass is 10.2. The number of benzene rings is 1. The Morgan fingerprint density at radius 2 is 2.13 bits per heavy atom. The summed E-state index contributed by atoms with van der Waals surface area (Å²) >= 11 is 5.85. The second-order valence-corrected chi connectivity index (χ2v) is 3.50.